The van der Waals surface area contributed by atoms with Crippen LogP contribution in [-0.2, 0) is 14.3 Å². The molecule has 1 amide bonds. The number of piperidine rings is 1. The lowest BCUT2D eigenvalue weighted by atomic mass is 10.0. The topological polar surface area (TPSA) is 76.6 Å². The molecule has 1 spiro atoms. The zero-order chi connectivity index (χ0) is 16.4. The molecule has 1 aromatic heterocycles. The third-order valence-corrected chi connectivity index (χ3v) is 4.64. The predicted molar refractivity (Wildman–Crippen MR) is 88.5 cm³/mol. The molecule has 0 atom stereocenters. The van der Waals surface area contributed by atoms with Gasteiger partial charge in [0.25, 0.3) is 0 Å². The van der Waals surface area contributed by atoms with Crippen molar-refractivity contribution in [3.05, 3.63) is 30.6 Å². The van der Waals surface area contributed by atoms with Gasteiger partial charge in [-0.25, -0.2) is 9.97 Å². The standard InChI is InChI=1S/C17H20N4O3/c22-15(21-7-5-17(6-8-21)23-9-10-24-17)11-18-16-13-3-1-2-4-14(13)19-12-20-16/h1-4,12H,5-11H2,(H,18,19,20). The van der Waals surface area contributed by atoms with E-state index in [2.05, 4.69) is 15.3 Å². The van der Waals surface area contributed by atoms with Crippen molar-refractivity contribution < 1.29 is 14.3 Å². The highest BCUT2D eigenvalue weighted by Gasteiger charge is 2.40. The Morgan fingerprint density at radius 3 is 2.71 bits per heavy atom. The highest BCUT2D eigenvalue weighted by molar-refractivity contribution is 5.90. The monoisotopic (exact) mass is 328 g/mol. The molecular formula is C17H20N4O3. The molecule has 24 heavy (non-hydrogen) atoms. The van der Waals surface area contributed by atoms with Crippen molar-refractivity contribution >= 4 is 22.6 Å². The first-order valence-electron chi connectivity index (χ1n) is 8.25. The summed E-state index contributed by atoms with van der Waals surface area (Å²) in [6.07, 6.45) is 2.97. The van der Waals surface area contributed by atoms with Gasteiger partial charge in [0.05, 0.1) is 25.3 Å². The van der Waals surface area contributed by atoms with Crippen LogP contribution in [0, 0.1) is 0 Å². The number of benzene rings is 1. The molecule has 1 aromatic carbocycles. The van der Waals surface area contributed by atoms with E-state index in [1.807, 2.05) is 29.2 Å². The van der Waals surface area contributed by atoms with Crippen molar-refractivity contribution in [2.75, 3.05) is 38.2 Å². The first-order valence-corrected chi connectivity index (χ1v) is 8.25. The summed E-state index contributed by atoms with van der Waals surface area (Å²) in [5, 5.41) is 4.06. The van der Waals surface area contributed by atoms with Gasteiger partial charge in [0.15, 0.2) is 5.79 Å². The summed E-state index contributed by atoms with van der Waals surface area (Å²) in [4.78, 5) is 22.8. The minimum absolute atomic E-state index is 0.0607. The summed E-state index contributed by atoms with van der Waals surface area (Å²) in [5.41, 5.74) is 0.859. The first-order chi connectivity index (χ1) is 11.8. The molecule has 0 unspecified atom stereocenters. The van der Waals surface area contributed by atoms with Crippen LogP contribution in [0.1, 0.15) is 12.8 Å². The second kappa shape index (κ2) is 6.33. The summed E-state index contributed by atoms with van der Waals surface area (Å²) in [6, 6.07) is 7.74. The van der Waals surface area contributed by atoms with Crippen molar-refractivity contribution in [1.82, 2.24) is 14.9 Å². The molecule has 2 aromatic rings. The lowest BCUT2D eigenvalue weighted by Gasteiger charge is -2.37. The van der Waals surface area contributed by atoms with E-state index in [0.717, 1.165) is 23.7 Å². The minimum Gasteiger partial charge on any atom is -0.360 e. The van der Waals surface area contributed by atoms with Crippen LogP contribution in [0.3, 0.4) is 0 Å². The highest BCUT2D eigenvalue weighted by Crippen LogP contribution is 2.31. The fourth-order valence-corrected chi connectivity index (χ4v) is 3.30. The quantitative estimate of drug-likeness (QED) is 0.918. The van der Waals surface area contributed by atoms with Crippen molar-refractivity contribution in [3.8, 4) is 0 Å². The van der Waals surface area contributed by atoms with Gasteiger partial charge in [0.2, 0.25) is 5.91 Å². The number of carbonyl (C=O) groups excluding carboxylic acids is 1. The molecular weight excluding hydrogens is 308 g/mol. The van der Waals surface area contributed by atoms with Gasteiger partial charge in [0, 0.05) is 31.3 Å². The third-order valence-electron chi connectivity index (χ3n) is 4.64. The molecule has 7 nitrogen and oxygen atoms in total. The number of nitrogens with zero attached hydrogens (tertiary/aromatic N) is 3. The molecule has 3 heterocycles. The maximum atomic E-state index is 12.4. The normalized spacial score (nSPS) is 19.8. The lowest BCUT2D eigenvalue weighted by Crippen LogP contribution is -2.48. The van der Waals surface area contributed by atoms with Crippen LogP contribution >= 0.6 is 0 Å². The van der Waals surface area contributed by atoms with Crippen molar-refractivity contribution in [3.63, 3.8) is 0 Å². The maximum absolute atomic E-state index is 12.4. The summed E-state index contributed by atoms with van der Waals surface area (Å²) in [7, 11) is 0. The Balaban J connectivity index is 1.36. The van der Waals surface area contributed by atoms with Crippen LogP contribution in [0.2, 0.25) is 0 Å². The number of likely N-dealkylation sites (tertiary alicyclic amines) is 1. The molecule has 0 radical (unpaired) electrons. The van der Waals surface area contributed by atoms with E-state index in [0.29, 0.717) is 32.1 Å². The van der Waals surface area contributed by atoms with Gasteiger partial charge in [-0.15, -0.1) is 0 Å². The van der Waals surface area contributed by atoms with E-state index in [1.54, 1.807) is 0 Å². The summed E-state index contributed by atoms with van der Waals surface area (Å²) in [6.45, 7) is 2.83. The SMILES string of the molecule is O=C(CNc1ncnc2ccccc12)N1CCC2(CC1)OCCO2. The Morgan fingerprint density at radius 2 is 1.92 bits per heavy atom. The van der Waals surface area contributed by atoms with Crippen molar-refractivity contribution in [2.45, 2.75) is 18.6 Å². The molecule has 0 saturated carbocycles. The minimum atomic E-state index is -0.451. The van der Waals surface area contributed by atoms with Crippen molar-refractivity contribution in [2.24, 2.45) is 0 Å². The van der Waals surface area contributed by atoms with Crippen molar-refractivity contribution in [1.29, 1.82) is 0 Å². The van der Waals surface area contributed by atoms with Gasteiger partial charge in [0.1, 0.15) is 12.1 Å². The van der Waals surface area contributed by atoms with E-state index < -0.39 is 5.79 Å². The summed E-state index contributed by atoms with van der Waals surface area (Å²) >= 11 is 0. The summed E-state index contributed by atoms with van der Waals surface area (Å²) < 4.78 is 11.4. The number of hydrogen-bond acceptors (Lipinski definition) is 6. The Morgan fingerprint density at radius 1 is 1.17 bits per heavy atom. The summed E-state index contributed by atoms with van der Waals surface area (Å²) in [5.74, 6) is 0.294. The van der Waals surface area contributed by atoms with Crippen LogP contribution in [0.25, 0.3) is 10.9 Å². The number of ether oxygens (including phenoxy) is 2. The maximum Gasteiger partial charge on any atom is 0.241 e. The Kier molecular flexibility index (Phi) is 4.03. The van der Waals surface area contributed by atoms with Gasteiger partial charge in [-0.3, -0.25) is 4.79 Å². The lowest BCUT2D eigenvalue weighted by molar-refractivity contribution is -0.187. The Hall–Kier alpha value is -2.25. The molecule has 0 bridgehead atoms. The van der Waals surface area contributed by atoms with Gasteiger partial charge in [-0.2, -0.15) is 0 Å². The van der Waals surface area contributed by atoms with Crippen LogP contribution in [-0.4, -0.2) is 59.4 Å². The number of anilines is 1. The van der Waals surface area contributed by atoms with E-state index in [-0.39, 0.29) is 12.5 Å². The number of carbonyl (C=O) groups is 1. The number of nitrogens with one attached hydrogen (secondary N) is 1. The first kappa shape index (κ1) is 15.3. The number of amides is 1. The second-order valence-corrected chi connectivity index (χ2v) is 6.08. The number of para-hydroxylation sites is 1. The number of aromatic nitrogens is 2. The fraction of sp³-hybridized carbons (Fsp3) is 0.471. The number of hydrogen-bond donors (Lipinski definition) is 1. The van der Waals surface area contributed by atoms with Crippen LogP contribution < -0.4 is 5.32 Å². The third kappa shape index (κ3) is 2.92. The van der Waals surface area contributed by atoms with Gasteiger partial charge in [-0.05, 0) is 12.1 Å². The molecule has 0 aliphatic carbocycles. The Bertz CT molecular complexity index is 730. The largest absolute Gasteiger partial charge is 0.360 e. The average Bonchev–Trinajstić information content (AvgIpc) is 3.08. The predicted octanol–water partition coefficient (Wildman–Crippen LogP) is 1.41. The number of rotatable bonds is 3. The molecule has 2 aliphatic rings. The van der Waals surface area contributed by atoms with Gasteiger partial charge < -0.3 is 19.7 Å². The average molecular weight is 328 g/mol. The molecule has 7 heteroatoms. The van der Waals surface area contributed by atoms with Crippen LogP contribution in [0.15, 0.2) is 30.6 Å². The number of fused-ring (bicyclic) bond motifs is 1. The molecule has 4 rings (SSSR count). The van der Waals surface area contributed by atoms with Crippen LogP contribution in [0.4, 0.5) is 5.82 Å². The fourth-order valence-electron chi connectivity index (χ4n) is 3.30. The smallest absolute Gasteiger partial charge is 0.241 e. The zero-order valence-electron chi connectivity index (χ0n) is 13.4. The van der Waals surface area contributed by atoms with E-state index >= 15 is 0 Å². The molecule has 126 valence electrons. The van der Waals surface area contributed by atoms with E-state index in [4.69, 9.17) is 9.47 Å². The van der Waals surface area contributed by atoms with Gasteiger partial charge in [-0.1, -0.05) is 12.1 Å². The Labute approximate surface area is 140 Å². The highest BCUT2D eigenvalue weighted by atomic mass is 16.7. The van der Waals surface area contributed by atoms with E-state index in [1.165, 1.54) is 6.33 Å². The van der Waals surface area contributed by atoms with E-state index in [9.17, 15) is 4.79 Å². The van der Waals surface area contributed by atoms with Crippen LogP contribution in [0.5, 0.6) is 0 Å². The zero-order valence-corrected chi connectivity index (χ0v) is 13.4. The second-order valence-electron chi connectivity index (χ2n) is 6.08. The molecule has 2 fully saturated rings. The molecule has 2 saturated heterocycles. The molecule has 1 N–H and O–H groups in total. The van der Waals surface area contributed by atoms with Gasteiger partial charge >= 0.3 is 0 Å². The molecule has 2 aliphatic heterocycles.